The number of rotatable bonds is 3. The van der Waals surface area contributed by atoms with Gasteiger partial charge in [-0.1, -0.05) is 6.92 Å². The molecule has 4 rings (SSSR count). The zero-order valence-electron chi connectivity index (χ0n) is 14.6. The molecule has 1 atom stereocenters. The van der Waals surface area contributed by atoms with E-state index < -0.39 is 0 Å². The molecule has 1 saturated heterocycles. The van der Waals surface area contributed by atoms with E-state index in [0.29, 0.717) is 5.91 Å². The minimum absolute atomic E-state index is 0.131. The lowest BCUT2D eigenvalue weighted by molar-refractivity contribution is -0.137. The smallest absolute Gasteiger partial charge is 0.226 e. The van der Waals surface area contributed by atoms with Crippen LogP contribution in [0.15, 0.2) is 24.5 Å². The van der Waals surface area contributed by atoms with E-state index in [-0.39, 0.29) is 5.92 Å². The number of aromatic nitrogens is 2. The summed E-state index contributed by atoms with van der Waals surface area (Å²) in [7, 11) is 0. The molecular formula is C19H24N4OS. The Morgan fingerprint density at radius 2 is 2.00 bits per heavy atom. The molecule has 6 heteroatoms. The fraction of sp³-hybridized carbons (Fsp3) is 0.526. The van der Waals surface area contributed by atoms with Crippen molar-refractivity contribution in [2.24, 2.45) is 5.92 Å². The predicted molar refractivity (Wildman–Crippen MR) is 99.6 cm³/mol. The van der Waals surface area contributed by atoms with E-state index >= 15 is 0 Å². The second-order valence-corrected chi connectivity index (χ2v) is 7.91. The van der Waals surface area contributed by atoms with E-state index in [2.05, 4.69) is 21.7 Å². The van der Waals surface area contributed by atoms with E-state index in [0.717, 1.165) is 62.6 Å². The van der Waals surface area contributed by atoms with E-state index in [1.54, 1.807) is 23.7 Å². The van der Waals surface area contributed by atoms with Gasteiger partial charge in [0.15, 0.2) is 0 Å². The molecule has 1 unspecified atom stereocenters. The van der Waals surface area contributed by atoms with Crippen LogP contribution in [0.25, 0.3) is 10.6 Å². The zero-order chi connectivity index (χ0) is 17.2. The van der Waals surface area contributed by atoms with E-state index in [1.807, 2.05) is 12.1 Å². The minimum Gasteiger partial charge on any atom is -0.340 e. The van der Waals surface area contributed by atoms with Crippen LogP contribution >= 0.6 is 11.3 Å². The second-order valence-electron chi connectivity index (χ2n) is 6.82. The molecule has 25 heavy (non-hydrogen) atoms. The fourth-order valence-electron chi connectivity index (χ4n) is 3.75. The van der Waals surface area contributed by atoms with Gasteiger partial charge in [0.2, 0.25) is 5.91 Å². The number of hydrogen-bond acceptors (Lipinski definition) is 5. The van der Waals surface area contributed by atoms with Crippen molar-refractivity contribution in [2.45, 2.75) is 26.2 Å². The van der Waals surface area contributed by atoms with Crippen molar-refractivity contribution < 1.29 is 4.79 Å². The number of aryl methyl sites for hydroxylation is 1. The Labute approximate surface area is 152 Å². The van der Waals surface area contributed by atoms with E-state index in [1.165, 1.54) is 10.6 Å². The number of carbonyl (C=O) groups excluding carboxylic acids is 1. The van der Waals surface area contributed by atoms with Crippen LogP contribution in [0.3, 0.4) is 0 Å². The Morgan fingerprint density at radius 3 is 2.72 bits per heavy atom. The van der Waals surface area contributed by atoms with Gasteiger partial charge in [-0.25, -0.2) is 4.98 Å². The normalized spacial score (nSPS) is 21.2. The lowest BCUT2D eigenvalue weighted by atomic mass is 9.90. The summed E-state index contributed by atoms with van der Waals surface area (Å²) < 4.78 is 0. The molecule has 1 amide bonds. The van der Waals surface area contributed by atoms with Crippen molar-refractivity contribution in [2.75, 3.05) is 32.7 Å². The van der Waals surface area contributed by atoms with Crippen LogP contribution in [0.5, 0.6) is 0 Å². The summed E-state index contributed by atoms with van der Waals surface area (Å²) in [6.07, 6.45) is 6.31. The number of nitrogens with zero attached hydrogens (tertiary/aromatic N) is 4. The summed E-state index contributed by atoms with van der Waals surface area (Å²) in [5, 5.41) is 1.05. The standard InChI is InChI=1S/C19H24N4OS/c1-2-22-9-11-23(12-10-22)19(24)15-3-4-16-17(13-15)25-18(21-16)14-5-7-20-8-6-14/h5-8,15H,2-4,9-13H2,1H3. The van der Waals surface area contributed by atoms with Gasteiger partial charge < -0.3 is 9.80 Å². The Morgan fingerprint density at radius 1 is 1.24 bits per heavy atom. The lowest BCUT2D eigenvalue weighted by Crippen LogP contribution is -2.50. The third-order valence-electron chi connectivity index (χ3n) is 5.35. The highest BCUT2D eigenvalue weighted by Crippen LogP contribution is 2.35. The third kappa shape index (κ3) is 3.46. The van der Waals surface area contributed by atoms with Crippen LogP contribution in [0.1, 0.15) is 23.9 Å². The Hall–Kier alpha value is -1.79. The molecule has 2 aromatic heterocycles. The SMILES string of the molecule is CCN1CCN(C(=O)C2CCc3nc(-c4ccncc4)sc3C2)CC1. The van der Waals surface area contributed by atoms with E-state index in [4.69, 9.17) is 4.98 Å². The first-order chi connectivity index (χ1) is 12.2. The van der Waals surface area contributed by atoms with Crippen molar-refractivity contribution >= 4 is 17.2 Å². The van der Waals surface area contributed by atoms with Crippen LogP contribution in [-0.4, -0.2) is 58.4 Å². The summed E-state index contributed by atoms with van der Waals surface area (Å²) in [6, 6.07) is 4.00. The number of thiazole rings is 1. The molecule has 132 valence electrons. The number of pyridine rings is 1. The first kappa shape index (κ1) is 16.7. The fourth-order valence-corrected chi connectivity index (χ4v) is 4.94. The number of piperazine rings is 1. The van der Waals surface area contributed by atoms with Crippen LogP contribution in [0, 0.1) is 5.92 Å². The van der Waals surface area contributed by atoms with Gasteiger partial charge in [0.05, 0.1) is 5.69 Å². The van der Waals surface area contributed by atoms with Crippen molar-refractivity contribution in [1.29, 1.82) is 0 Å². The molecular weight excluding hydrogens is 332 g/mol. The molecule has 0 N–H and O–H groups in total. The summed E-state index contributed by atoms with van der Waals surface area (Å²) in [4.78, 5) is 27.6. The van der Waals surface area contributed by atoms with Crippen LogP contribution in [0.4, 0.5) is 0 Å². The third-order valence-corrected chi connectivity index (χ3v) is 6.52. The molecule has 0 aromatic carbocycles. The molecule has 0 bridgehead atoms. The number of hydrogen-bond donors (Lipinski definition) is 0. The number of amides is 1. The van der Waals surface area contributed by atoms with Crippen LogP contribution in [0.2, 0.25) is 0 Å². The van der Waals surface area contributed by atoms with Gasteiger partial charge >= 0.3 is 0 Å². The molecule has 0 spiro atoms. The maximum atomic E-state index is 12.9. The summed E-state index contributed by atoms with van der Waals surface area (Å²) in [5.74, 6) is 0.478. The van der Waals surface area contributed by atoms with Gasteiger partial charge in [-0.2, -0.15) is 0 Å². The van der Waals surface area contributed by atoms with Gasteiger partial charge in [-0.05, 0) is 37.9 Å². The van der Waals surface area contributed by atoms with Crippen molar-refractivity contribution in [1.82, 2.24) is 19.8 Å². The van der Waals surface area contributed by atoms with Gasteiger partial charge in [-0.3, -0.25) is 9.78 Å². The van der Waals surface area contributed by atoms with Crippen molar-refractivity contribution in [3.63, 3.8) is 0 Å². The highest BCUT2D eigenvalue weighted by Gasteiger charge is 2.31. The van der Waals surface area contributed by atoms with Crippen molar-refractivity contribution in [3.8, 4) is 10.6 Å². The molecule has 3 heterocycles. The van der Waals surface area contributed by atoms with Gasteiger partial charge in [0.25, 0.3) is 0 Å². The number of carbonyl (C=O) groups is 1. The molecule has 2 aromatic rings. The lowest BCUT2D eigenvalue weighted by Gasteiger charge is -2.36. The molecule has 1 aliphatic carbocycles. The highest BCUT2D eigenvalue weighted by atomic mass is 32.1. The second kappa shape index (κ2) is 7.22. The van der Waals surface area contributed by atoms with Crippen molar-refractivity contribution in [3.05, 3.63) is 35.1 Å². The van der Waals surface area contributed by atoms with Crippen LogP contribution in [-0.2, 0) is 17.6 Å². The Kier molecular flexibility index (Phi) is 4.81. The largest absolute Gasteiger partial charge is 0.340 e. The summed E-state index contributed by atoms with van der Waals surface area (Å²) in [6.45, 7) is 7.03. The predicted octanol–water partition coefficient (Wildman–Crippen LogP) is 2.47. The highest BCUT2D eigenvalue weighted by molar-refractivity contribution is 7.15. The van der Waals surface area contributed by atoms with Gasteiger partial charge in [0.1, 0.15) is 5.01 Å². The van der Waals surface area contributed by atoms with E-state index in [9.17, 15) is 4.79 Å². The monoisotopic (exact) mass is 356 g/mol. The number of fused-ring (bicyclic) bond motifs is 1. The zero-order valence-corrected chi connectivity index (χ0v) is 15.5. The number of likely N-dealkylation sites (N-methyl/N-ethyl adjacent to an activating group) is 1. The molecule has 0 radical (unpaired) electrons. The molecule has 0 saturated carbocycles. The molecule has 1 aliphatic heterocycles. The van der Waals surface area contributed by atoms with Gasteiger partial charge in [-0.15, -0.1) is 11.3 Å². The molecule has 1 fully saturated rings. The average molecular weight is 356 g/mol. The minimum atomic E-state index is 0.131. The first-order valence-corrected chi connectivity index (χ1v) is 9.96. The first-order valence-electron chi connectivity index (χ1n) is 9.14. The molecule has 5 nitrogen and oxygen atoms in total. The quantitative estimate of drug-likeness (QED) is 0.848. The maximum absolute atomic E-state index is 12.9. The van der Waals surface area contributed by atoms with Gasteiger partial charge in [0, 0.05) is 54.9 Å². The molecule has 2 aliphatic rings. The summed E-state index contributed by atoms with van der Waals surface area (Å²) in [5.41, 5.74) is 2.31. The Bertz CT molecular complexity index is 737. The maximum Gasteiger partial charge on any atom is 0.226 e. The average Bonchev–Trinajstić information content (AvgIpc) is 3.11. The summed E-state index contributed by atoms with van der Waals surface area (Å²) >= 11 is 1.74. The Balaban J connectivity index is 1.44. The van der Waals surface area contributed by atoms with Crippen LogP contribution < -0.4 is 0 Å². The topological polar surface area (TPSA) is 49.3 Å².